The Morgan fingerprint density at radius 3 is 2.59 bits per heavy atom. The summed E-state index contributed by atoms with van der Waals surface area (Å²) in [7, 11) is 0. The Bertz CT molecular complexity index is 840. The molecule has 2 aromatic rings. The Morgan fingerprint density at radius 1 is 1.30 bits per heavy atom. The van der Waals surface area contributed by atoms with Gasteiger partial charge in [-0.2, -0.15) is 10.2 Å². The van der Waals surface area contributed by atoms with Crippen LogP contribution in [0.5, 0.6) is 0 Å². The number of nitrogens with one attached hydrogen (secondary N) is 1. The quantitative estimate of drug-likeness (QED) is 0.768. The van der Waals surface area contributed by atoms with Crippen LogP contribution in [-0.2, 0) is 16.1 Å². The highest BCUT2D eigenvalue weighted by atomic mass is 79.9. The highest BCUT2D eigenvalue weighted by Gasteiger charge is 2.27. The second-order valence-corrected chi connectivity index (χ2v) is 7.17. The molecule has 10 heteroatoms. The van der Waals surface area contributed by atoms with Crippen LogP contribution in [-0.4, -0.2) is 62.6 Å². The number of hydrogen-bond donors (Lipinski definition) is 1. The Kier molecular flexibility index (Phi) is 5.95. The molecule has 0 saturated carbocycles. The number of morpholine rings is 1. The third-order valence-corrected chi connectivity index (χ3v) is 5.41. The van der Waals surface area contributed by atoms with E-state index in [-0.39, 0.29) is 11.8 Å². The van der Waals surface area contributed by atoms with Crippen molar-refractivity contribution in [1.82, 2.24) is 24.5 Å². The zero-order valence-electron chi connectivity index (χ0n) is 15.6. The summed E-state index contributed by atoms with van der Waals surface area (Å²) in [6.07, 6.45) is 3.18. The number of halogens is 1. The van der Waals surface area contributed by atoms with Crippen LogP contribution in [0.25, 0.3) is 0 Å². The standard InChI is InChI=1S/C17H23BrN6O3/c1-4-23-15(17(26)22-5-7-27-8-6-22)14(10-19-23)21-16(25)12(3)24-11(2)13(18)9-20-24/h9-10,12H,4-8H2,1-3H3,(H,21,25). The van der Waals surface area contributed by atoms with Gasteiger partial charge in [0.15, 0.2) is 0 Å². The van der Waals surface area contributed by atoms with Gasteiger partial charge in [0.25, 0.3) is 5.91 Å². The first kappa shape index (κ1) is 19.6. The summed E-state index contributed by atoms with van der Waals surface area (Å²) >= 11 is 3.40. The molecule has 1 unspecified atom stereocenters. The van der Waals surface area contributed by atoms with Crippen molar-refractivity contribution < 1.29 is 14.3 Å². The van der Waals surface area contributed by atoms with Gasteiger partial charge in [-0.15, -0.1) is 0 Å². The molecule has 0 spiro atoms. The first-order chi connectivity index (χ1) is 12.9. The SMILES string of the molecule is CCn1ncc(NC(=O)C(C)n2ncc(Br)c2C)c1C(=O)N1CCOCC1. The van der Waals surface area contributed by atoms with Gasteiger partial charge in [0, 0.05) is 19.6 Å². The van der Waals surface area contributed by atoms with Crippen molar-refractivity contribution in [2.24, 2.45) is 0 Å². The van der Waals surface area contributed by atoms with Gasteiger partial charge in [-0.05, 0) is 36.7 Å². The zero-order chi connectivity index (χ0) is 19.6. The smallest absolute Gasteiger partial charge is 0.274 e. The number of rotatable bonds is 5. The lowest BCUT2D eigenvalue weighted by Crippen LogP contribution is -2.42. The molecule has 0 bridgehead atoms. The van der Waals surface area contributed by atoms with E-state index in [2.05, 4.69) is 31.4 Å². The molecule has 2 aromatic heterocycles. The number of ether oxygens (including phenoxy) is 1. The summed E-state index contributed by atoms with van der Waals surface area (Å²) in [5.74, 6) is -0.418. The first-order valence-corrected chi connectivity index (χ1v) is 9.66. The third-order valence-electron chi connectivity index (χ3n) is 4.63. The van der Waals surface area contributed by atoms with E-state index in [0.717, 1.165) is 10.2 Å². The Hall–Kier alpha value is -2.20. The van der Waals surface area contributed by atoms with Crippen LogP contribution in [0.4, 0.5) is 5.69 Å². The zero-order valence-corrected chi connectivity index (χ0v) is 17.2. The molecule has 0 aromatic carbocycles. The number of amides is 2. The lowest BCUT2D eigenvalue weighted by molar-refractivity contribution is -0.119. The average molecular weight is 439 g/mol. The molecule has 0 radical (unpaired) electrons. The van der Waals surface area contributed by atoms with Crippen molar-refractivity contribution in [3.05, 3.63) is 28.3 Å². The molecule has 2 amide bonds. The molecule has 27 heavy (non-hydrogen) atoms. The number of anilines is 1. The van der Waals surface area contributed by atoms with Crippen molar-refractivity contribution in [2.75, 3.05) is 31.6 Å². The molecule has 1 aliphatic rings. The topological polar surface area (TPSA) is 94.3 Å². The number of aryl methyl sites for hydroxylation is 1. The van der Waals surface area contributed by atoms with Gasteiger partial charge < -0.3 is 15.0 Å². The molecular formula is C17H23BrN6O3. The van der Waals surface area contributed by atoms with Crippen LogP contribution in [0, 0.1) is 6.92 Å². The predicted octanol–water partition coefficient (Wildman–Crippen LogP) is 1.84. The minimum Gasteiger partial charge on any atom is -0.378 e. The summed E-state index contributed by atoms with van der Waals surface area (Å²) < 4.78 is 9.39. The second-order valence-electron chi connectivity index (χ2n) is 6.31. The molecule has 3 rings (SSSR count). The van der Waals surface area contributed by atoms with Crippen LogP contribution in [0.15, 0.2) is 16.9 Å². The molecule has 3 heterocycles. The highest BCUT2D eigenvalue weighted by molar-refractivity contribution is 9.10. The summed E-state index contributed by atoms with van der Waals surface area (Å²) in [6.45, 7) is 8.15. The minimum atomic E-state index is -0.535. The van der Waals surface area contributed by atoms with E-state index in [1.807, 2.05) is 13.8 Å². The summed E-state index contributed by atoms with van der Waals surface area (Å²) in [5, 5.41) is 11.3. The van der Waals surface area contributed by atoms with Crippen LogP contribution in [0.1, 0.15) is 36.1 Å². The van der Waals surface area contributed by atoms with Gasteiger partial charge in [-0.25, -0.2) is 0 Å². The van der Waals surface area contributed by atoms with E-state index in [1.54, 1.807) is 27.4 Å². The molecular weight excluding hydrogens is 416 g/mol. The van der Waals surface area contributed by atoms with Crippen molar-refractivity contribution in [3.8, 4) is 0 Å². The Labute approximate surface area is 165 Å². The van der Waals surface area contributed by atoms with E-state index in [0.29, 0.717) is 44.2 Å². The van der Waals surface area contributed by atoms with E-state index < -0.39 is 6.04 Å². The molecule has 146 valence electrons. The molecule has 1 saturated heterocycles. The van der Waals surface area contributed by atoms with E-state index in [4.69, 9.17) is 4.74 Å². The lowest BCUT2D eigenvalue weighted by atomic mass is 10.2. The normalized spacial score (nSPS) is 15.6. The van der Waals surface area contributed by atoms with Crippen molar-refractivity contribution >= 4 is 33.4 Å². The molecule has 1 atom stereocenters. The van der Waals surface area contributed by atoms with Crippen LogP contribution >= 0.6 is 15.9 Å². The fraction of sp³-hybridized carbons (Fsp3) is 0.529. The molecule has 1 fully saturated rings. The second kappa shape index (κ2) is 8.22. The van der Waals surface area contributed by atoms with Crippen LogP contribution in [0.2, 0.25) is 0 Å². The lowest BCUT2D eigenvalue weighted by Gasteiger charge is -2.27. The maximum absolute atomic E-state index is 13.0. The van der Waals surface area contributed by atoms with Crippen molar-refractivity contribution in [2.45, 2.75) is 33.4 Å². The number of carbonyl (C=O) groups is 2. The molecule has 1 aliphatic heterocycles. The van der Waals surface area contributed by atoms with E-state index >= 15 is 0 Å². The maximum atomic E-state index is 13.0. The monoisotopic (exact) mass is 438 g/mol. The molecule has 9 nitrogen and oxygen atoms in total. The van der Waals surface area contributed by atoms with Crippen LogP contribution < -0.4 is 5.32 Å². The minimum absolute atomic E-state index is 0.154. The average Bonchev–Trinajstić information content (AvgIpc) is 3.24. The van der Waals surface area contributed by atoms with Crippen molar-refractivity contribution in [3.63, 3.8) is 0 Å². The van der Waals surface area contributed by atoms with Crippen LogP contribution in [0.3, 0.4) is 0 Å². The van der Waals surface area contributed by atoms with Gasteiger partial charge in [0.2, 0.25) is 5.91 Å². The fourth-order valence-electron chi connectivity index (χ4n) is 3.00. The van der Waals surface area contributed by atoms with Crippen molar-refractivity contribution in [1.29, 1.82) is 0 Å². The van der Waals surface area contributed by atoms with E-state index in [9.17, 15) is 9.59 Å². The Balaban J connectivity index is 1.82. The van der Waals surface area contributed by atoms with Gasteiger partial charge >= 0.3 is 0 Å². The number of carbonyl (C=O) groups excluding carboxylic acids is 2. The summed E-state index contributed by atoms with van der Waals surface area (Å²) in [4.78, 5) is 27.5. The molecule has 0 aliphatic carbocycles. The van der Waals surface area contributed by atoms with Gasteiger partial charge in [-0.3, -0.25) is 19.0 Å². The first-order valence-electron chi connectivity index (χ1n) is 8.87. The largest absolute Gasteiger partial charge is 0.378 e. The van der Waals surface area contributed by atoms with Gasteiger partial charge in [-0.1, -0.05) is 0 Å². The molecule has 1 N–H and O–H groups in total. The predicted molar refractivity (Wildman–Crippen MR) is 103 cm³/mol. The fourth-order valence-corrected chi connectivity index (χ4v) is 3.27. The summed E-state index contributed by atoms with van der Waals surface area (Å²) in [6, 6.07) is -0.535. The van der Waals surface area contributed by atoms with Gasteiger partial charge in [0.1, 0.15) is 11.7 Å². The summed E-state index contributed by atoms with van der Waals surface area (Å²) in [5.41, 5.74) is 1.65. The number of nitrogens with zero attached hydrogens (tertiary/aromatic N) is 5. The van der Waals surface area contributed by atoms with Gasteiger partial charge in [0.05, 0.1) is 41.5 Å². The maximum Gasteiger partial charge on any atom is 0.274 e. The number of hydrogen-bond acceptors (Lipinski definition) is 5. The van der Waals surface area contributed by atoms with E-state index in [1.165, 1.54) is 6.20 Å². The number of aromatic nitrogens is 4. The third kappa shape index (κ3) is 3.91. The highest BCUT2D eigenvalue weighted by Crippen LogP contribution is 2.22. The Morgan fingerprint density at radius 2 is 2.00 bits per heavy atom.